The van der Waals surface area contributed by atoms with Gasteiger partial charge < -0.3 is 5.32 Å². The van der Waals surface area contributed by atoms with Gasteiger partial charge in [-0.15, -0.1) is 0 Å². The minimum atomic E-state index is 0.131. The number of hydrogen-bond acceptors (Lipinski definition) is 3. The molecule has 4 nitrogen and oxygen atoms in total. The van der Waals surface area contributed by atoms with E-state index in [0.29, 0.717) is 0 Å². The molecule has 0 aromatic carbocycles. The van der Waals surface area contributed by atoms with Gasteiger partial charge in [0, 0.05) is 12.6 Å². The summed E-state index contributed by atoms with van der Waals surface area (Å²) in [5, 5.41) is 7.32. The topological polar surface area (TPSA) is 42.7 Å². The van der Waals surface area contributed by atoms with Crippen LogP contribution < -0.4 is 5.32 Å². The molecule has 0 saturated carbocycles. The molecule has 0 spiro atoms. The van der Waals surface area contributed by atoms with Crippen molar-refractivity contribution in [1.82, 2.24) is 20.1 Å². The Bertz CT molecular complexity index is 246. The van der Waals surface area contributed by atoms with E-state index in [2.05, 4.69) is 36.2 Å². The molecule has 0 aliphatic rings. The van der Waals surface area contributed by atoms with Crippen LogP contribution in [0.3, 0.4) is 0 Å². The molecule has 0 atom stereocenters. The van der Waals surface area contributed by atoms with Crippen LogP contribution in [0.25, 0.3) is 0 Å². The maximum Gasteiger partial charge on any atom is 0.140 e. The molecule has 1 heterocycles. The Morgan fingerprint density at radius 2 is 2.17 bits per heavy atom. The van der Waals surface area contributed by atoms with Crippen LogP contribution >= 0.6 is 0 Å². The maximum atomic E-state index is 4.11. The number of rotatable bonds is 2. The lowest BCUT2D eigenvalue weighted by Crippen LogP contribution is -2.35. The van der Waals surface area contributed by atoms with Crippen molar-refractivity contribution in [2.24, 2.45) is 7.05 Å². The lowest BCUT2D eigenvalue weighted by atomic mass is 10.1. The first-order valence-electron chi connectivity index (χ1n) is 4.07. The number of aromatic nitrogens is 3. The molecule has 12 heavy (non-hydrogen) atoms. The predicted octanol–water partition coefficient (Wildman–Crippen LogP) is 0.703. The van der Waals surface area contributed by atoms with E-state index in [1.807, 2.05) is 7.05 Å². The van der Waals surface area contributed by atoms with Crippen molar-refractivity contribution in [2.45, 2.75) is 32.9 Å². The summed E-state index contributed by atoms with van der Waals surface area (Å²) in [5.41, 5.74) is 0.131. The van der Waals surface area contributed by atoms with E-state index in [-0.39, 0.29) is 5.54 Å². The van der Waals surface area contributed by atoms with Crippen molar-refractivity contribution < 1.29 is 0 Å². The van der Waals surface area contributed by atoms with E-state index < -0.39 is 0 Å². The first-order valence-corrected chi connectivity index (χ1v) is 4.07. The summed E-state index contributed by atoms with van der Waals surface area (Å²) in [6, 6.07) is 0. The van der Waals surface area contributed by atoms with E-state index in [1.165, 1.54) is 0 Å². The standard InChI is InChI=1S/C8H16N4/c1-8(2,3)10-5-7-9-6-11-12(7)4/h6,10H,5H2,1-4H3. The normalized spacial score (nSPS) is 12.0. The van der Waals surface area contributed by atoms with Gasteiger partial charge in [0.25, 0.3) is 0 Å². The van der Waals surface area contributed by atoms with Gasteiger partial charge in [-0.25, -0.2) is 4.98 Å². The third-order valence-electron chi connectivity index (χ3n) is 1.58. The van der Waals surface area contributed by atoms with Crippen molar-refractivity contribution in [2.75, 3.05) is 0 Å². The van der Waals surface area contributed by atoms with Crippen LogP contribution in [0.5, 0.6) is 0 Å². The Labute approximate surface area is 73.0 Å². The molecule has 0 aliphatic heterocycles. The Kier molecular flexibility index (Phi) is 2.47. The van der Waals surface area contributed by atoms with E-state index in [0.717, 1.165) is 12.4 Å². The predicted molar refractivity (Wildman–Crippen MR) is 47.6 cm³/mol. The number of nitrogens with one attached hydrogen (secondary N) is 1. The van der Waals surface area contributed by atoms with Gasteiger partial charge in [0.05, 0.1) is 6.54 Å². The summed E-state index contributed by atoms with van der Waals surface area (Å²) in [5.74, 6) is 0.963. The first kappa shape index (κ1) is 9.19. The highest BCUT2D eigenvalue weighted by Crippen LogP contribution is 2.00. The summed E-state index contributed by atoms with van der Waals surface area (Å²) < 4.78 is 1.78. The zero-order valence-electron chi connectivity index (χ0n) is 8.13. The molecule has 0 fully saturated rings. The Morgan fingerprint density at radius 1 is 1.50 bits per heavy atom. The van der Waals surface area contributed by atoms with Crippen molar-refractivity contribution in [3.63, 3.8) is 0 Å². The number of hydrogen-bond donors (Lipinski definition) is 1. The van der Waals surface area contributed by atoms with Crippen molar-refractivity contribution >= 4 is 0 Å². The second-order valence-electron chi connectivity index (χ2n) is 3.90. The number of nitrogens with zero attached hydrogens (tertiary/aromatic N) is 3. The highest BCUT2D eigenvalue weighted by molar-refractivity contribution is 4.84. The molecule has 68 valence electrons. The third kappa shape index (κ3) is 2.62. The van der Waals surface area contributed by atoms with Gasteiger partial charge in [0.1, 0.15) is 12.2 Å². The van der Waals surface area contributed by atoms with Crippen LogP contribution in [0.2, 0.25) is 0 Å². The summed E-state index contributed by atoms with van der Waals surface area (Å²) >= 11 is 0. The van der Waals surface area contributed by atoms with Crippen molar-refractivity contribution in [3.05, 3.63) is 12.2 Å². The zero-order chi connectivity index (χ0) is 9.19. The first-order chi connectivity index (χ1) is 5.49. The molecule has 4 heteroatoms. The van der Waals surface area contributed by atoms with Gasteiger partial charge in [-0.3, -0.25) is 4.68 Å². The van der Waals surface area contributed by atoms with E-state index in [4.69, 9.17) is 0 Å². The monoisotopic (exact) mass is 168 g/mol. The molecule has 1 rings (SSSR count). The number of aryl methyl sites for hydroxylation is 1. The van der Waals surface area contributed by atoms with Gasteiger partial charge in [0.15, 0.2) is 0 Å². The molecule has 1 aromatic heterocycles. The summed E-state index contributed by atoms with van der Waals surface area (Å²) in [4.78, 5) is 4.11. The van der Waals surface area contributed by atoms with Gasteiger partial charge in [-0.05, 0) is 20.8 Å². The molecule has 0 unspecified atom stereocenters. The molecule has 1 N–H and O–H groups in total. The van der Waals surface area contributed by atoms with Crippen LogP contribution in [-0.2, 0) is 13.6 Å². The zero-order valence-corrected chi connectivity index (χ0v) is 8.13. The maximum absolute atomic E-state index is 4.11. The summed E-state index contributed by atoms with van der Waals surface area (Å²) in [6.07, 6.45) is 1.57. The van der Waals surface area contributed by atoms with Crippen LogP contribution in [0, 0.1) is 0 Å². The van der Waals surface area contributed by atoms with Crippen molar-refractivity contribution in [1.29, 1.82) is 0 Å². The lowest BCUT2D eigenvalue weighted by Gasteiger charge is -2.19. The minimum Gasteiger partial charge on any atom is -0.305 e. The van der Waals surface area contributed by atoms with E-state index in [9.17, 15) is 0 Å². The van der Waals surface area contributed by atoms with Gasteiger partial charge in [-0.1, -0.05) is 0 Å². The van der Waals surface area contributed by atoms with Gasteiger partial charge >= 0.3 is 0 Å². The fourth-order valence-corrected chi connectivity index (χ4v) is 0.824. The SMILES string of the molecule is Cn1ncnc1CNC(C)(C)C. The van der Waals surface area contributed by atoms with Gasteiger partial charge in [-0.2, -0.15) is 5.10 Å². The lowest BCUT2D eigenvalue weighted by molar-refractivity contribution is 0.412. The Morgan fingerprint density at radius 3 is 2.58 bits per heavy atom. The summed E-state index contributed by atoms with van der Waals surface area (Å²) in [6.45, 7) is 7.15. The molecule has 0 bridgehead atoms. The smallest absolute Gasteiger partial charge is 0.140 e. The second-order valence-corrected chi connectivity index (χ2v) is 3.90. The Hall–Kier alpha value is -0.900. The highest BCUT2D eigenvalue weighted by atomic mass is 15.3. The second kappa shape index (κ2) is 3.23. The quantitative estimate of drug-likeness (QED) is 0.707. The van der Waals surface area contributed by atoms with Crippen LogP contribution in [0.15, 0.2) is 6.33 Å². The Balaban J connectivity index is 2.49. The van der Waals surface area contributed by atoms with Crippen molar-refractivity contribution in [3.8, 4) is 0 Å². The third-order valence-corrected chi connectivity index (χ3v) is 1.58. The summed E-state index contributed by atoms with van der Waals surface area (Å²) in [7, 11) is 1.90. The molecular weight excluding hydrogens is 152 g/mol. The largest absolute Gasteiger partial charge is 0.305 e. The molecule has 0 radical (unpaired) electrons. The fourth-order valence-electron chi connectivity index (χ4n) is 0.824. The van der Waals surface area contributed by atoms with Crippen LogP contribution in [0.4, 0.5) is 0 Å². The fraction of sp³-hybridized carbons (Fsp3) is 0.750. The van der Waals surface area contributed by atoms with E-state index >= 15 is 0 Å². The molecule has 0 saturated heterocycles. The molecular formula is C8H16N4. The van der Waals surface area contributed by atoms with Crippen LogP contribution in [-0.4, -0.2) is 20.3 Å². The molecule has 0 aliphatic carbocycles. The molecule has 1 aromatic rings. The van der Waals surface area contributed by atoms with Crippen LogP contribution in [0.1, 0.15) is 26.6 Å². The minimum absolute atomic E-state index is 0.131. The molecule has 0 amide bonds. The van der Waals surface area contributed by atoms with Gasteiger partial charge in [0.2, 0.25) is 0 Å². The van der Waals surface area contributed by atoms with E-state index in [1.54, 1.807) is 11.0 Å². The average molecular weight is 168 g/mol. The highest BCUT2D eigenvalue weighted by Gasteiger charge is 2.09. The average Bonchev–Trinajstić information content (AvgIpc) is 2.29.